The van der Waals surface area contributed by atoms with E-state index in [9.17, 15) is 9.59 Å². The summed E-state index contributed by atoms with van der Waals surface area (Å²) < 4.78 is 10.5. The van der Waals surface area contributed by atoms with E-state index in [1.807, 2.05) is 59.5 Å². The maximum Gasteiger partial charge on any atom is 0.322 e. The Morgan fingerprint density at radius 1 is 1.11 bits per heavy atom. The molecule has 28 heavy (non-hydrogen) atoms. The zero-order chi connectivity index (χ0) is 19.7. The molecule has 2 aliphatic rings. The van der Waals surface area contributed by atoms with Gasteiger partial charge >= 0.3 is 5.97 Å². The van der Waals surface area contributed by atoms with E-state index in [2.05, 4.69) is 0 Å². The summed E-state index contributed by atoms with van der Waals surface area (Å²) in [7, 11) is 1.64. The molecule has 1 aliphatic carbocycles. The van der Waals surface area contributed by atoms with Gasteiger partial charge < -0.3 is 14.4 Å². The third-order valence-electron chi connectivity index (χ3n) is 5.96. The number of nitrogens with zero attached hydrogens (tertiary/aromatic N) is 1. The largest absolute Gasteiger partial charge is 0.497 e. The van der Waals surface area contributed by atoms with Crippen molar-refractivity contribution in [3.05, 3.63) is 65.7 Å². The Hall–Kier alpha value is -2.82. The SMILES string of the molecule is CCOC(=O)C12CC1C(Cc1ccc(OC)cc1)N(Cc1ccccc1)C2=O. The normalized spacial score (nSPS) is 25.4. The van der Waals surface area contributed by atoms with Crippen molar-refractivity contribution in [3.63, 3.8) is 0 Å². The Morgan fingerprint density at radius 3 is 2.46 bits per heavy atom. The molecule has 1 saturated carbocycles. The Kier molecular flexibility index (Phi) is 4.84. The maximum absolute atomic E-state index is 13.3. The van der Waals surface area contributed by atoms with Gasteiger partial charge in [-0.15, -0.1) is 0 Å². The van der Waals surface area contributed by atoms with Crippen molar-refractivity contribution >= 4 is 11.9 Å². The smallest absolute Gasteiger partial charge is 0.322 e. The second-order valence-electron chi connectivity index (χ2n) is 7.54. The lowest BCUT2D eigenvalue weighted by Gasteiger charge is -2.28. The number of benzene rings is 2. The molecule has 0 radical (unpaired) electrons. The molecule has 0 N–H and O–H groups in total. The predicted octanol–water partition coefficient (Wildman–Crippen LogP) is 3.22. The number of carbonyl (C=O) groups excluding carboxylic acids is 2. The number of hydrogen-bond acceptors (Lipinski definition) is 4. The lowest BCUT2D eigenvalue weighted by atomic mass is 9.99. The molecule has 3 atom stereocenters. The van der Waals surface area contributed by atoms with Crippen LogP contribution < -0.4 is 4.74 Å². The van der Waals surface area contributed by atoms with Crippen molar-refractivity contribution in [2.75, 3.05) is 13.7 Å². The van der Waals surface area contributed by atoms with Crippen molar-refractivity contribution in [2.45, 2.75) is 32.4 Å². The molecule has 0 bridgehead atoms. The second kappa shape index (κ2) is 7.30. The first-order chi connectivity index (χ1) is 13.6. The summed E-state index contributed by atoms with van der Waals surface area (Å²) in [6.07, 6.45) is 1.31. The minimum atomic E-state index is -0.970. The number of ether oxygens (including phenoxy) is 2. The molecule has 2 fully saturated rings. The van der Waals surface area contributed by atoms with Crippen LogP contribution in [0.1, 0.15) is 24.5 Å². The summed E-state index contributed by atoms with van der Waals surface area (Å²) in [5.41, 5.74) is 1.22. The summed E-state index contributed by atoms with van der Waals surface area (Å²) >= 11 is 0. The number of piperidine rings is 1. The lowest BCUT2D eigenvalue weighted by molar-refractivity contribution is -0.156. The van der Waals surface area contributed by atoms with Crippen LogP contribution in [0.3, 0.4) is 0 Å². The van der Waals surface area contributed by atoms with Gasteiger partial charge in [-0.25, -0.2) is 0 Å². The molecule has 2 aromatic carbocycles. The maximum atomic E-state index is 13.3. The molecule has 1 aliphatic heterocycles. The van der Waals surface area contributed by atoms with Gasteiger partial charge in [0.15, 0.2) is 5.41 Å². The number of carbonyl (C=O) groups is 2. The minimum Gasteiger partial charge on any atom is -0.497 e. The molecule has 1 amide bonds. The number of fused-ring (bicyclic) bond motifs is 1. The summed E-state index contributed by atoms with van der Waals surface area (Å²) in [6, 6.07) is 17.8. The lowest BCUT2D eigenvalue weighted by Crippen LogP contribution is -2.40. The van der Waals surface area contributed by atoms with E-state index in [1.54, 1.807) is 14.0 Å². The van der Waals surface area contributed by atoms with Gasteiger partial charge in [-0.05, 0) is 43.0 Å². The Balaban J connectivity index is 1.61. The first-order valence-electron chi connectivity index (χ1n) is 9.75. The molecular weight excluding hydrogens is 354 g/mol. The van der Waals surface area contributed by atoms with Crippen LogP contribution in [-0.2, 0) is 27.3 Å². The van der Waals surface area contributed by atoms with Gasteiger partial charge in [0.1, 0.15) is 5.75 Å². The molecule has 146 valence electrons. The van der Waals surface area contributed by atoms with Crippen LogP contribution in [0.25, 0.3) is 0 Å². The average Bonchev–Trinajstić information content (AvgIpc) is 3.43. The molecular formula is C23H25NO4. The molecule has 2 aromatic rings. The Morgan fingerprint density at radius 2 is 1.82 bits per heavy atom. The van der Waals surface area contributed by atoms with E-state index in [4.69, 9.17) is 9.47 Å². The quantitative estimate of drug-likeness (QED) is 0.548. The summed E-state index contributed by atoms with van der Waals surface area (Å²) in [5.74, 6) is 0.378. The van der Waals surface area contributed by atoms with Gasteiger partial charge in [0.05, 0.1) is 13.7 Å². The molecule has 0 spiro atoms. The average molecular weight is 379 g/mol. The third kappa shape index (κ3) is 3.05. The van der Waals surface area contributed by atoms with Gasteiger partial charge in [0.25, 0.3) is 0 Å². The van der Waals surface area contributed by atoms with Gasteiger partial charge in [-0.1, -0.05) is 42.5 Å². The van der Waals surface area contributed by atoms with Gasteiger partial charge in [0, 0.05) is 18.5 Å². The van der Waals surface area contributed by atoms with Crippen LogP contribution in [0.2, 0.25) is 0 Å². The zero-order valence-corrected chi connectivity index (χ0v) is 16.3. The molecule has 1 heterocycles. The van der Waals surface area contributed by atoms with Crippen LogP contribution >= 0.6 is 0 Å². The third-order valence-corrected chi connectivity index (χ3v) is 5.96. The highest BCUT2D eigenvalue weighted by molar-refractivity contribution is 6.08. The van der Waals surface area contributed by atoms with Gasteiger partial charge in [0.2, 0.25) is 5.91 Å². The molecule has 3 unspecified atom stereocenters. The molecule has 4 rings (SSSR count). The van der Waals surface area contributed by atoms with Crippen LogP contribution in [0.4, 0.5) is 0 Å². The number of rotatable bonds is 7. The van der Waals surface area contributed by atoms with Crippen LogP contribution in [0.5, 0.6) is 5.75 Å². The fourth-order valence-electron chi connectivity index (χ4n) is 4.43. The van der Waals surface area contributed by atoms with Gasteiger partial charge in [-0.2, -0.15) is 0 Å². The van der Waals surface area contributed by atoms with E-state index < -0.39 is 5.41 Å². The van der Waals surface area contributed by atoms with Crippen molar-refractivity contribution < 1.29 is 19.1 Å². The first kappa shape index (κ1) is 18.5. The standard InChI is InChI=1S/C23H25NO4/c1-3-28-22(26)23-14-19(23)20(13-16-9-11-18(27-2)12-10-16)24(21(23)25)15-17-7-5-4-6-8-17/h4-12,19-20H,3,13-15H2,1-2H3. The molecule has 1 saturated heterocycles. The molecule has 5 nitrogen and oxygen atoms in total. The fourth-order valence-corrected chi connectivity index (χ4v) is 4.43. The molecule has 0 aromatic heterocycles. The Bertz CT molecular complexity index is 864. The predicted molar refractivity (Wildman–Crippen MR) is 105 cm³/mol. The van der Waals surface area contributed by atoms with Crippen LogP contribution in [0.15, 0.2) is 54.6 Å². The van der Waals surface area contributed by atoms with Crippen molar-refractivity contribution in [1.29, 1.82) is 0 Å². The van der Waals surface area contributed by atoms with Crippen LogP contribution in [0, 0.1) is 11.3 Å². The van der Waals surface area contributed by atoms with Crippen molar-refractivity contribution in [3.8, 4) is 5.75 Å². The van der Waals surface area contributed by atoms with E-state index in [0.717, 1.165) is 16.9 Å². The monoisotopic (exact) mass is 379 g/mol. The highest BCUT2D eigenvalue weighted by atomic mass is 16.5. The summed E-state index contributed by atoms with van der Waals surface area (Å²) in [6.45, 7) is 2.59. The minimum absolute atomic E-state index is 0.00879. The first-order valence-corrected chi connectivity index (χ1v) is 9.75. The number of likely N-dealkylation sites (tertiary alicyclic amines) is 1. The summed E-state index contributed by atoms with van der Waals surface area (Å²) in [4.78, 5) is 27.8. The van der Waals surface area contributed by atoms with E-state index in [1.165, 1.54) is 0 Å². The topological polar surface area (TPSA) is 55.8 Å². The number of methoxy groups -OCH3 is 1. The van der Waals surface area contributed by atoms with E-state index in [-0.39, 0.29) is 23.8 Å². The molecule has 5 heteroatoms. The van der Waals surface area contributed by atoms with Crippen molar-refractivity contribution in [1.82, 2.24) is 4.90 Å². The summed E-state index contributed by atoms with van der Waals surface area (Å²) in [5, 5.41) is 0. The fraction of sp³-hybridized carbons (Fsp3) is 0.391. The van der Waals surface area contributed by atoms with E-state index in [0.29, 0.717) is 26.0 Å². The number of hydrogen-bond donors (Lipinski definition) is 0. The highest BCUT2D eigenvalue weighted by Gasteiger charge is 2.75. The second-order valence-corrected chi connectivity index (χ2v) is 7.54. The highest BCUT2D eigenvalue weighted by Crippen LogP contribution is 2.63. The van der Waals surface area contributed by atoms with Gasteiger partial charge in [-0.3, -0.25) is 9.59 Å². The van der Waals surface area contributed by atoms with E-state index >= 15 is 0 Å². The number of esters is 1. The number of amides is 1. The zero-order valence-electron chi connectivity index (χ0n) is 16.3. The van der Waals surface area contributed by atoms with Crippen LogP contribution in [-0.4, -0.2) is 36.5 Å². The van der Waals surface area contributed by atoms with Crippen molar-refractivity contribution in [2.24, 2.45) is 11.3 Å². The Labute approximate surface area is 165 Å².